The Bertz CT molecular complexity index is 660. The van der Waals surface area contributed by atoms with E-state index in [0.717, 1.165) is 12.8 Å². The van der Waals surface area contributed by atoms with Gasteiger partial charge < -0.3 is 5.11 Å². The largest absolute Gasteiger partial charge is 0.478 e. The Morgan fingerprint density at radius 1 is 1.40 bits per heavy atom. The number of nitrogens with zero attached hydrogens (tertiary/aromatic N) is 1. The van der Waals surface area contributed by atoms with Gasteiger partial charge >= 0.3 is 5.97 Å². The van der Waals surface area contributed by atoms with Crippen molar-refractivity contribution in [2.24, 2.45) is 0 Å². The van der Waals surface area contributed by atoms with Crippen LogP contribution in [0.15, 0.2) is 17.0 Å². The summed E-state index contributed by atoms with van der Waals surface area (Å²) in [6.07, 6.45) is 1.55. The third-order valence-corrected chi connectivity index (χ3v) is 6.22. The zero-order chi connectivity index (χ0) is 15.1. The maximum Gasteiger partial charge on any atom is 0.338 e. The lowest BCUT2D eigenvalue weighted by Crippen LogP contribution is -2.34. The zero-order valence-corrected chi connectivity index (χ0v) is 13.0. The van der Waals surface area contributed by atoms with Crippen LogP contribution in [0.3, 0.4) is 0 Å². The maximum atomic E-state index is 12.6. The first-order valence-electron chi connectivity index (χ1n) is 6.00. The van der Waals surface area contributed by atoms with Crippen LogP contribution in [0.2, 0.25) is 10.0 Å². The molecule has 0 aromatic heterocycles. The van der Waals surface area contributed by atoms with Gasteiger partial charge in [0.05, 0.1) is 15.6 Å². The SMILES string of the molecule is CC1CCCN1S(=O)(=O)c1ccc(Cl)c(C(=O)O)c1Cl. The van der Waals surface area contributed by atoms with E-state index in [1.165, 1.54) is 16.4 Å². The fourth-order valence-corrected chi connectivity index (χ4v) is 4.91. The van der Waals surface area contributed by atoms with E-state index in [1.807, 2.05) is 6.92 Å². The van der Waals surface area contributed by atoms with Gasteiger partial charge in [-0.2, -0.15) is 4.31 Å². The van der Waals surface area contributed by atoms with Crippen molar-refractivity contribution in [2.75, 3.05) is 6.54 Å². The minimum Gasteiger partial charge on any atom is -0.478 e. The predicted octanol–water partition coefficient (Wildman–Crippen LogP) is 2.86. The van der Waals surface area contributed by atoms with Crippen molar-refractivity contribution in [3.05, 3.63) is 27.7 Å². The molecule has 1 saturated heterocycles. The number of hydrogen-bond donors (Lipinski definition) is 1. The van der Waals surface area contributed by atoms with E-state index in [9.17, 15) is 13.2 Å². The first-order chi connectivity index (χ1) is 9.26. The molecule has 1 aromatic rings. The molecular weight excluding hydrogens is 325 g/mol. The Kier molecular flexibility index (Phi) is 4.30. The molecule has 1 fully saturated rings. The highest BCUT2D eigenvalue weighted by Gasteiger charge is 2.35. The monoisotopic (exact) mass is 337 g/mol. The second kappa shape index (κ2) is 5.52. The molecule has 0 radical (unpaired) electrons. The molecule has 20 heavy (non-hydrogen) atoms. The number of sulfonamides is 1. The summed E-state index contributed by atoms with van der Waals surface area (Å²) in [5, 5.41) is 8.65. The van der Waals surface area contributed by atoms with Gasteiger partial charge in [0.25, 0.3) is 0 Å². The van der Waals surface area contributed by atoms with Crippen LogP contribution in [-0.2, 0) is 10.0 Å². The maximum absolute atomic E-state index is 12.6. The summed E-state index contributed by atoms with van der Waals surface area (Å²) in [6.45, 7) is 2.22. The van der Waals surface area contributed by atoms with Crippen molar-refractivity contribution in [1.82, 2.24) is 4.31 Å². The second-order valence-electron chi connectivity index (χ2n) is 4.65. The van der Waals surface area contributed by atoms with Crippen LogP contribution in [0.1, 0.15) is 30.1 Å². The molecule has 1 atom stereocenters. The van der Waals surface area contributed by atoms with Crippen molar-refractivity contribution in [2.45, 2.75) is 30.7 Å². The van der Waals surface area contributed by atoms with E-state index < -0.39 is 16.0 Å². The third kappa shape index (κ3) is 2.53. The number of aromatic carboxylic acids is 1. The standard InChI is InChI=1S/C12H13Cl2NO4S/c1-7-3-2-6-15(7)20(18,19)9-5-4-8(13)10(11(9)14)12(16)17/h4-5,7H,2-3,6H2,1H3,(H,16,17). The molecule has 1 unspecified atom stereocenters. The van der Waals surface area contributed by atoms with E-state index in [1.54, 1.807) is 0 Å². The van der Waals surface area contributed by atoms with Crippen LogP contribution in [0.5, 0.6) is 0 Å². The summed E-state index contributed by atoms with van der Waals surface area (Å²) in [6, 6.07) is 2.36. The smallest absolute Gasteiger partial charge is 0.338 e. The summed E-state index contributed by atoms with van der Waals surface area (Å²) >= 11 is 11.7. The van der Waals surface area contributed by atoms with Crippen molar-refractivity contribution in [3.63, 3.8) is 0 Å². The molecule has 8 heteroatoms. The zero-order valence-electron chi connectivity index (χ0n) is 10.6. The number of hydrogen-bond acceptors (Lipinski definition) is 3. The van der Waals surface area contributed by atoms with Crippen LogP contribution >= 0.6 is 23.2 Å². The van der Waals surface area contributed by atoms with Gasteiger partial charge in [-0.3, -0.25) is 0 Å². The number of carboxylic acid groups (broad SMARTS) is 1. The first-order valence-corrected chi connectivity index (χ1v) is 8.19. The number of carbonyl (C=O) groups is 1. The van der Waals surface area contributed by atoms with Gasteiger partial charge in [0.2, 0.25) is 10.0 Å². The molecule has 2 rings (SSSR count). The average Bonchev–Trinajstić information content (AvgIpc) is 2.75. The molecule has 1 N–H and O–H groups in total. The Morgan fingerprint density at radius 2 is 2.05 bits per heavy atom. The Labute approximate surface area is 127 Å². The molecule has 0 saturated carbocycles. The van der Waals surface area contributed by atoms with Crippen LogP contribution in [0.25, 0.3) is 0 Å². The fraction of sp³-hybridized carbons (Fsp3) is 0.417. The number of benzene rings is 1. The fourth-order valence-electron chi connectivity index (χ4n) is 2.32. The quantitative estimate of drug-likeness (QED) is 0.920. The van der Waals surface area contributed by atoms with E-state index in [0.29, 0.717) is 6.54 Å². The molecule has 0 bridgehead atoms. The van der Waals surface area contributed by atoms with E-state index in [2.05, 4.69) is 0 Å². The molecule has 0 spiro atoms. The molecule has 1 aromatic carbocycles. The Hall–Kier alpha value is -0.820. The van der Waals surface area contributed by atoms with Gasteiger partial charge in [-0.25, -0.2) is 13.2 Å². The Morgan fingerprint density at radius 3 is 2.55 bits per heavy atom. The normalized spacial score (nSPS) is 20.2. The molecule has 110 valence electrons. The van der Waals surface area contributed by atoms with Gasteiger partial charge in [-0.05, 0) is 31.9 Å². The van der Waals surface area contributed by atoms with E-state index >= 15 is 0 Å². The molecule has 1 aliphatic heterocycles. The van der Waals surface area contributed by atoms with E-state index in [-0.39, 0.29) is 26.5 Å². The van der Waals surface area contributed by atoms with Gasteiger partial charge in [0.1, 0.15) is 4.90 Å². The molecule has 0 aliphatic carbocycles. The van der Waals surface area contributed by atoms with Crippen LogP contribution in [0, 0.1) is 0 Å². The first kappa shape index (κ1) is 15.6. The summed E-state index contributed by atoms with van der Waals surface area (Å²) in [7, 11) is -3.81. The molecule has 1 heterocycles. The van der Waals surface area contributed by atoms with Crippen molar-refractivity contribution in [1.29, 1.82) is 0 Å². The van der Waals surface area contributed by atoms with Gasteiger partial charge in [0, 0.05) is 12.6 Å². The molecular formula is C12H13Cl2NO4S. The van der Waals surface area contributed by atoms with Crippen LogP contribution in [0.4, 0.5) is 0 Å². The number of halogens is 2. The van der Waals surface area contributed by atoms with E-state index in [4.69, 9.17) is 28.3 Å². The molecule has 0 amide bonds. The minimum absolute atomic E-state index is 0.0871. The minimum atomic E-state index is -3.81. The predicted molar refractivity (Wildman–Crippen MR) is 76.0 cm³/mol. The van der Waals surface area contributed by atoms with Crippen molar-refractivity contribution < 1.29 is 18.3 Å². The van der Waals surface area contributed by atoms with Gasteiger partial charge in [0.15, 0.2) is 0 Å². The second-order valence-corrected chi connectivity index (χ2v) is 7.29. The van der Waals surface area contributed by atoms with Crippen LogP contribution < -0.4 is 0 Å². The summed E-state index contributed by atoms with van der Waals surface area (Å²) < 4.78 is 26.5. The van der Waals surface area contributed by atoms with Crippen molar-refractivity contribution in [3.8, 4) is 0 Å². The lowest BCUT2D eigenvalue weighted by Gasteiger charge is -2.22. The van der Waals surface area contributed by atoms with Gasteiger partial charge in [-0.15, -0.1) is 0 Å². The third-order valence-electron chi connectivity index (χ3n) is 3.35. The molecule has 1 aliphatic rings. The summed E-state index contributed by atoms with van der Waals surface area (Å²) in [5.41, 5.74) is -0.388. The van der Waals surface area contributed by atoms with Crippen molar-refractivity contribution >= 4 is 39.2 Å². The summed E-state index contributed by atoms with van der Waals surface area (Å²) in [5.74, 6) is -1.36. The highest BCUT2D eigenvalue weighted by atomic mass is 35.5. The number of rotatable bonds is 3. The lowest BCUT2D eigenvalue weighted by molar-refractivity contribution is 0.0697. The topological polar surface area (TPSA) is 74.7 Å². The summed E-state index contributed by atoms with van der Waals surface area (Å²) in [4.78, 5) is 10.9. The average molecular weight is 338 g/mol. The number of carboxylic acids is 1. The highest BCUT2D eigenvalue weighted by Crippen LogP contribution is 2.34. The van der Waals surface area contributed by atoms with Crippen LogP contribution in [-0.4, -0.2) is 36.4 Å². The van der Waals surface area contributed by atoms with Gasteiger partial charge in [-0.1, -0.05) is 23.2 Å². The lowest BCUT2D eigenvalue weighted by atomic mass is 10.2. The Balaban J connectivity index is 2.58. The molecule has 5 nitrogen and oxygen atoms in total. The highest BCUT2D eigenvalue weighted by molar-refractivity contribution is 7.89.